The van der Waals surface area contributed by atoms with Gasteiger partial charge in [0.15, 0.2) is 0 Å². The van der Waals surface area contributed by atoms with Gasteiger partial charge in [-0.25, -0.2) is 0 Å². The Hall–Kier alpha value is -6.90. The molecular formula is C50H34N2. The molecule has 9 aromatic carbocycles. The van der Waals surface area contributed by atoms with E-state index in [1.54, 1.807) is 0 Å². The van der Waals surface area contributed by atoms with Crippen LogP contribution >= 0.6 is 0 Å². The van der Waals surface area contributed by atoms with E-state index >= 15 is 0 Å². The topological polar surface area (TPSA) is 8.17 Å². The first-order chi connectivity index (χ1) is 25.8. The van der Waals surface area contributed by atoms with Crippen LogP contribution in [0.3, 0.4) is 0 Å². The summed E-state index contributed by atoms with van der Waals surface area (Å²) in [5, 5.41) is 7.46. The summed E-state index contributed by atoms with van der Waals surface area (Å²) in [6.45, 7) is 0. The summed E-state index contributed by atoms with van der Waals surface area (Å²) in [6, 6.07) is 74.5. The molecule has 1 heterocycles. The highest BCUT2D eigenvalue weighted by molar-refractivity contribution is 6.22. The van der Waals surface area contributed by atoms with Gasteiger partial charge in [0.1, 0.15) is 0 Å². The zero-order chi connectivity index (χ0) is 34.4. The van der Waals surface area contributed by atoms with Crippen LogP contribution in [0, 0.1) is 0 Å². The van der Waals surface area contributed by atoms with E-state index in [0.29, 0.717) is 0 Å². The third-order valence-electron chi connectivity index (χ3n) is 10.4. The van der Waals surface area contributed by atoms with Gasteiger partial charge in [0.05, 0.1) is 16.7 Å². The van der Waals surface area contributed by atoms with E-state index in [4.69, 9.17) is 0 Å². The third kappa shape index (κ3) is 4.88. The van der Waals surface area contributed by atoms with Crippen molar-refractivity contribution in [1.29, 1.82) is 0 Å². The van der Waals surface area contributed by atoms with Crippen molar-refractivity contribution in [3.8, 4) is 27.9 Å². The van der Waals surface area contributed by atoms with Gasteiger partial charge < -0.3 is 9.47 Å². The van der Waals surface area contributed by atoms with E-state index in [-0.39, 0.29) is 0 Å². The molecule has 0 N–H and O–H groups in total. The molecule has 10 rings (SSSR count). The number of aromatic nitrogens is 1. The van der Waals surface area contributed by atoms with Crippen molar-refractivity contribution in [1.82, 2.24) is 4.57 Å². The molecule has 2 heteroatoms. The molecule has 0 fully saturated rings. The van der Waals surface area contributed by atoms with Gasteiger partial charge in [-0.05, 0) is 81.6 Å². The lowest BCUT2D eigenvalue weighted by Crippen LogP contribution is -2.11. The van der Waals surface area contributed by atoms with E-state index < -0.39 is 0 Å². The summed E-state index contributed by atoms with van der Waals surface area (Å²) in [5.41, 5.74) is 11.9. The zero-order valence-electron chi connectivity index (χ0n) is 28.5. The molecule has 10 aromatic rings. The second-order valence-corrected chi connectivity index (χ2v) is 13.3. The van der Waals surface area contributed by atoms with Crippen LogP contribution in [0.1, 0.15) is 0 Å². The van der Waals surface area contributed by atoms with Gasteiger partial charge >= 0.3 is 0 Å². The second-order valence-electron chi connectivity index (χ2n) is 13.3. The Bertz CT molecular complexity index is 2760. The number of fused-ring (bicyclic) bond motifs is 5. The molecule has 0 atom stereocenters. The summed E-state index contributed by atoms with van der Waals surface area (Å²) >= 11 is 0. The SMILES string of the molecule is c1ccc(-c2c3ccccc3c(N(c3ccccc3)c3ccc(-c4ccc(-n5c6ccccc6c6ccccc65)cc4)cc3)c3ccccc23)cc1. The lowest BCUT2D eigenvalue weighted by molar-refractivity contribution is 1.18. The lowest BCUT2D eigenvalue weighted by atomic mass is 9.90. The molecule has 0 aliphatic rings. The van der Waals surface area contributed by atoms with Gasteiger partial charge in [0, 0.05) is 38.6 Å². The zero-order valence-corrected chi connectivity index (χ0v) is 28.5. The molecule has 0 aliphatic carbocycles. The molecule has 0 unspecified atom stereocenters. The van der Waals surface area contributed by atoms with Gasteiger partial charge in [-0.2, -0.15) is 0 Å². The first-order valence-electron chi connectivity index (χ1n) is 17.9. The largest absolute Gasteiger partial charge is 0.309 e. The average Bonchev–Trinajstić information content (AvgIpc) is 3.56. The van der Waals surface area contributed by atoms with E-state index in [1.807, 2.05) is 0 Å². The highest BCUT2D eigenvalue weighted by atomic mass is 15.1. The van der Waals surface area contributed by atoms with Gasteiger partial charge in [-0.3, -0.25) is 0 Å². The van der Waals surface area contributed by atoms with Crippen LogP contribution < -0.4 is 4.90 Å². The Morgan fingerprint density at radius 3 is 1.23 bits per heavy atom. The van der Waals surface area contributed by atoms with Crippen LogP contribution in [-0.2, 0) is 0 Å². The van der Waals surface area contributed by atoms with Gasteiger partial charge in [0.25, 0.3) is 0 Å². The Morgan fingerprint density at radius 2 is 0.692 bits per heavy atom. The molecule has 0 radical (unpaired) electrons. The molecule has 2 nitrogen and oxygen atoms in total. The standard InChI is InChI=1S/C50H34N2/c1-3-15-37(16-4-1)49-43-21-7-9-23-45(43)50(46-24-10-8-22-44(46)49)51(38-17-5-2-6-18-38)39-31-27-35(28-32-39)36-29-33-40(34-30-36)52-47-25-13-11-19-41(47)42-20-12-14-26-48(42)52/h1-34H. The van der Waals surface area contributed by atoms with E-state index in [2.05, 4.69) is 216 Å². The summed E-state index contributed by atoms with van der Waals surface area (Å²) < 4.78 is 2.37. The highest BCUT2D eigenvalue weighted by Gasteiger charge is 2.22. The first kappa shape index (κ1) is 30.0. The molecule has 0 saturated heterocycles. The van der Waals surface area contributed by atoms with Crippen molar-refractivity contribution < 1.29 is 0 Å². The Morgan fingerprint density at radius 1 is 0.288 bits per heavy atom. The number of hydrogen-bond acceptors (Lipinski definition) is 1. The van der Waals surface area contributed by atoms with Gasteiger partial charge in [-0.15, -0.1) is 0 Å². The van der Waals surface area contributed by atoms with E-state index in [1.165, 1.54) is 71.3 Å². The number of hydrogen-bond donors (Lipinski definition) is 0. The highest BCUT2D eigenvalue weighted by Crippen LogP contribution is 2.48. The lowest BCUT2D eigenvalue weighted by Gasteiger charge is -2.29. The fourth-order valence-corrected chi connectivity index (χ4v) is 8.05. The minimum Gasteiger partial charge on any atom is -0.309 e. The van der Waals surface area contributed by atoms with Crippen molar-refractivity contribution in [3.63, 3.8) is 0 Å². The maximum Gasteiger partial charge on any atom is 0.0618 e. The molecule has 0 spiro atoms. The summed E-state index contributed by atoms with van der Waals surface area (Å²) in [7, 11) is 0. The number of nitrogens with zero attached hydrogens (tertiary/aromatic N) is 2. The van der Waals surface area contributed by atoms with E-state index in [0.717, 1.165) is 17.1 Å². The van der Waals surface area contributed by atoms with Crippen LogP contribution in [0.2, 0.25) is 0 Å². The fourth-order valence-electron chi connectivity index (χ4n) is 8.05. The molecular weight excluding hydrogens is 629 g/mol. The smallest absolute Gasteiger partial charge is 0.0618 e. The first-order valence-corrected chi connectivity index (χ1v) is 17.9. The van der Waals surface area contributed by atoms with Crippen LogP contribution in [0.15, 0.2) is 206 Å². The van der Waals surface area contributed by atoms with E-state index in [9.17, 15) is 0 Å². The number of anilines is 3. The van der Waals surface area contributed by atoms with Gasteiger partial charge in [0.2, 0.25) is 0 Å². The second kappa shape index (κ2) is 12.5. The molecule has 0 bridgehead atoms. The normalized spacial score (nSPS) is 11.5. The van der Waals surface area contributed by atoms with Crippen molar-refractivity contribution in [2.45, 2.75) is 0 Å². The van der Waals surface area contributed by atoms with Crippen LogP contribution in [0.5, 0.6) is 0 Å². The molecule has 0 amide bonds. The maximum atomic E-state index is 2.43. The minimum absolute atomic E-state index is 1.11. The van der Waals surface area contributed by atoms with Crippen LogP contribution in [-0.4, -0.2) is 4.57 Å². The molecule has 1 aromatic heterocycles. The Balaban J connectivity index is 1.10. The molecule has 52 heavy (non-hydrogen) atoms. The molecule has 0 aliphatic heterocycles. The van der Waals surface area contributed by atoms with Crippen molar-refractivity contribution in [3.05, 3.63) is 206 Å². The van der Waals surface area contributed by atoms with Crippen LogP contribution in [0.4, 0.5) is 17.1 Å². The summed E-state index contributed by atoms with van der Waals surface area (Å²) in [6.07, 6.45) is 0. The summed E-state index contributed by atoms with van der Waals surface area (Å²) in [5.74, 6) is 0. The maximum absolute atomic E-state index is 2.43. The monoisotopic (exact) mass is 662 g/mol. The fraction of sp³-hybridized carbons (Fsp3) is 0. The third-order valence-corrected chi connectivity index (χ3v) is 10.4. The van der Waals surface area contributed by atoms with Crippen molar-refractivity contribution in [2.24, 2.45) is 0 Å². The van der Waals surface area contributed by atoms with Crippen molar-refractivity contribution in [2.75, 3.05) is 4.90 Å². The number of benzene rings is 9. The molecule has 0 saturated carbocycles. The van der Waals surface area contributed by atoms with Crippen molar-refractivity contribution >= 4 is 60.4 Å². The molecule has 244 valence electrons. The number of rotatable bonds is 6. The average molecular weight is 663 g/mol. The Labute approximate surface area is 303 Å². The number of para-hydroxylation sites is 3. The quantitative estimate of drug-likeness (QED) is 0.161. The predicted molar refractivity (Wildman–Crippen MR) is 221 cm³/mol. The minimum atomic E-state index is 1.11. The van der Waals surface area contributed by atoms with Gasteiger partial charge in [-0.1, -0.05) is 158 Å². The Kier molecular flexibility index (Phi) is 7.18. The predicted octanol–water partition coefficient (Wildman–Crippen LogP) is 13.9. The summed E-state index contributed by atoms with van der Waals surface area (Å²) in [4.78, 5) is 2.43. The van der Waals surface area contributed by atoms with Crippen LogP contribution in [0.25, 0.3) is 71.3 Å².